The molecule has 2 aromatic rings. The summed E-state index contributed by atoms with van der Waals surface area (Å²) in [6, 6.07) is 9.75. The van der Waals surface area contributed by atoms with Gasteiger partial charge in [-0.15, -0.1) is 0 Å². The van der Waals surface area contributed by atoms with Crippen LogP contribution in [0, 0.1) is 11.3 Å². The van der Waals surface area contributed by atoms with Gasteiger partial charge in [0.15, 0.2) is 0 Å². The molecule has 0 N–H and O–H groups in total. The second-order valence-corrected chi connectivity index (χ2v) is 10.7. The number of amides is 2. The lowest BCUT2D eigenvalue weighted by Gasteiger charge is -2.41. The van der Waals surface area contributed by atoms with E-state index < -0.39 is 5.60 Å². The van der Waals surface area contributed by atoms with Crippen LogP contribution in [-0.2, 0) is 16.0 Å². The second kappa shape index (κ2) is 11.8. The summed E-state index contributed by atoms with van der Waals surface area (Å²) < 4.78 is 12.8. The van der Waals surface area contributed by atoms with Gasteiger partial charge < -0.3 is 23.8 Å². The van der Waals surface area contributed by atoms with Gasteiger partial charge in [-0.1, -0.05) is 18.2 Å². The smallest absolute Gasteiger partial charge is 0.410 e. The van der Waals surface area contributed by atoms with E-state index >= 15 is 0 Å². The van der Waals surface area contributed by atoms with Crippen LogP contribution in [0.25, 0.3) is 10.9 Å². The highest BCUT2D eigenvalue weighted by atomic mass is 16.6. The maximum Gasteiger partial charge on any atom is 0.410 e. The molecule has 3 rings (SSSR count). The Kier molecular flexibility index (Phi) is 9.02. The molecule has 1 fully saturated rings. The van der Waals surface area contributed by atoms with Crippen molar-refractivity contribution in [2.45, 2.75) is 84.5 Å². The van der Waals surface area contributed by atoms with Crippen molar-refractivity contribution >= 4 is 22.9 Å². The average Bonchev–Trinajstić information content (AvgIpc) is 3.14. The summed E-state index contributed by atoms with van der Waals surface area (Å²) in [4.78, 5) is 30.6. The molecule has 1 aliphatic heterocycles. The molecule has 0 spiro atoms. The molecule has 0 bridgehead atoms. The number of carbonyl (C=O) groups excluding carboxylic acids is 2. The van der Waals surface area contributed by atoms with Crippen LogP contribution in [0.15, 0.2) is 24.3 Å². The largest absolute Gasteiger partial charge is 0.444 e. The molecule has 1 saturated heterocycles. The SMILES string of the molecule is COCCCCn1c(C(=O)N(C(C)C)[C@@H]2CCCN(C(=O)OC(C)(C)C)C2)c(C#N)c2ccccc21. The van der Waals surface area contributed by atoms with E-state index in [4.69, 9.17) is 9.47 Å². The van der Waals surface area contributed by atoms with Crippen molar-refractivity contribution in [2.75, 3.05) is 26.8 Å². The summed E-state index contributed by atoms with van der Waals surface area (Å²) in [7, 11) is 1.68. The molecular formula is C28H40N4O4. The minimum Gasteiger partial charge on any atom is -0.444 e. The fourth-order valence-electron chi connectivity index (χ4n) is 5.01. The predicted octanol–water partition coefficient (Wildman–Crippen LogP) is 5.19. The number of hydrogen-bond donors (Lipinski definition) is 0. The molecule has 8 nitrogen and oxygen atoms in total. The first kappa shape index (κ1) is 27.5. The topological polar surface area (TPSA) is 87.8 Å². The Morgan fingerprint density at radius 1 is 1.22 bits per heavy atom. The van der Waals surface area contributed by atoms with Crippen LogP contribution >= 0.6 is 0 Å². The van der Waals surface area contributed by atoms with Crippen LogP contribution in [-0.4, -0.2) is 70.9 Å². The fourth-order valence-corrected chi connectivity index (χ4v) is 5.01. The van der Waals surface area contributed by atoms with Crippen LogP contribution in [0.5, 0.6) is 0 Å². The van der Waals surface area contributed by atoms with Gasteiger partial charge in [-0.3, -0.25) is 4.79 Å². The Balaban J connectivity index is 1.97. The minimum absolute atomic E-state index is 0.104. The summed E-state index contributed by atoms with van der Waals surface area (Å²) in [5, 5.41) is 10.9. The lowest BCUT2D eigenvalue weighted by molar-refractivity contribution is 0.00733. The Hall–Kier alpha value is -3.05. The lowest BCUT2D eigenvalue weighted by Crippen LogP contribution is -2.54. The first-order valence-corrected chi connectivity index (χ1v) is 12.9. The van der Waals surface area contributed by atoms with Crippen molar-refractivity contribution in [3.63, 3.8) is 0 Å². The van der Waals surface area contributed by atoms with Crippen molar-refractivity contribution in [1.29, 1.82) is 5.26 Å². The van der Waals surface area contributed by atoms with Gasteiger partial charge in [-0.05, 0) is 66.4 Å². The number of aryl methyl sites for hydroxylation is 1. The lowest BCUT2D eigenvalue weighted by atomic mass is 10.0. The summed E-state index contributed by atoms with van der Waals surface area (Å²) >= 11 is 0. The number of nitriles is 1. The third-order valence-electron chi connectivity index (χ3n) is 6.50. The maximum absolute atomic E-state index is 14.2. The van der Waals surface area contributed by atoms with Gasteiger partial charge in [0.05, 0.1) is 11.6 Å². The number of carbonyl (C=O) groups is 2. The Morgan fingerprint density at radius 2 is 1.94 bits per heavy atom. The zero-order valence-electron chi connectivity index (χ0n) is 22.5. The quantitative estimate of drug-likeness (QED) is 0.469. The number of hydrogen-bond acceptors (Lipinski definition) is 5. The normalized spacial score (nSPS) is 16.3. The van der Waals surface area contributed by atoms with Gasteiger partial charge in [0.25, 0.3) is 5.91 Å². The van der Waals surface area contributed by atoms with E-state index in [1.807, 2.05) is 68.4 Å². The molecule has 0 saturated carbocycles. The van der Waals surface area contributed by atoms with E-state index in [2.05, 4.69) is 6.07 Å². The number of benzene rings is 1. The number of nitrogens with zero attached hydrogens (tertiary/aromatic N) is 4. The van der Waals surface area contributed by atoms with E-state index in [9.17, 15) is 14.9 Å². The number of piperidine rings is 1. The fraction of sp³-hybridized carbons (Fsp3) is 0.607. The first-order chi connectivity index (χ1) is 17.1. The molecule has 36 heavy (non-hydrogen) atoms. The molecular weight excluding hydrogens is 456 g/mol. The molecule has 8 heteroatoms. The molecule has 0 unspecified atom stereocenters. The van der Waals surface area contributed by atoms with Crippen molar-refractivity contribution in [3.05, 3.63) is 35.5 Å². The number of likely N-dealkylation sites (tertiary alicyclic amines) is 1. The number of fused-ring (bicyclic) bond motifs is 1. The van der Waals surface area contributed by atoms with Crippen LogP contribution in [0.1, 0.15) is 76.4 Å². The molecule has 1 aliphatic rings. The van der Waals surface area contributed by atoms with E-state index in [-0.39, 0.29) is 24.1 Å². The van der Waals surface area contributed by atoms with Gasteiger partial charge in [-0.25, -0.2) is 4.79 Å². The minimum atomic E-state index is -0.580. The van der Waals surface area contributed by atoms with Crippen molar-refractivity contribution in [1.82, 2.24) is 14.4 Å². The highest BCUT2D eigenvalue weighted by Crippen LogP contribution is 2.30. The Morgan fingerprint density at radius 3 is 2.58 bits per heavy atom. The van der Waals surface area contributed by atoms with E-state index in [1.54, 1.807) is 12.0 Å². The monoisotopic (exact) mass is 496 g/mol. The summed E-state index contributed by atoms with van der Waals surface area (Å²) in [6.45, 7) is 11.8. The van der Waals surface area contributed by atoms with E-state index in [0.717, 1.165) is 36.6 Å². The number of ether oxygens (including phenoxy) is 2. The highest BCUT2D eigenvalue weighted by molar-refractivity contribution is 6.03. The van der Waals surface area contributed by atoms with Gasteiger partial charge in [0.1, 0.15) is 17.4 Å². The van der Waals surface area contributed by atoms with Crippen LogP contribution < -0.4 is 0 Å². The van der Waals surface area contributed by atoms with Crippen molar-refractivity contribution < 1.29 is 19.1 Å². The maximum atomic E-state index is 14.2. The Bertz CT molecular complexity index is 1110. The van der Waals surface area contributed by atoms with E-state index in [0.29, 0.717) is 37.5 Å². The number of para-hydroxylation sites is 1. The number of methoxy groups -OCH3 is 1. The number of aromatic nitrogens is 1. The summed E-state index contributed by atoms with van der Waals surface area (Å²) in [5.74, 6) is -0.166. The molecule has 1 aromatic carbocycles. The van der Waals surface area contributed by atoms with Crippen molar-refractivity contribution in [2.24, 2.45) is 0 Å². The molecule has 1 aromatic heterocycles. The van der Waals surface area contributed by atoms with Gasteiger partial charge in [0.2, 0.25) is 0 Å². The Labute approximate surface area is 214 Å². The molecule has 196 valence electrons. The summed E-state index contributed by atoms with van der Waals surface area (Å²) in [5.41, 5.74) is 1.15. The van der Waals surface area contributed by atoms with Gasteiger partial charge in [0, 0.05) is 50.3 Å². The second-order valence-electron chi connectivity index (χ2n) is 10.7. The predicted molar refractivity (Wildman–Crippen MR) is 140 cm³/mol. The zero-order chi connectivity index (χ0) is 26.5. The number of unbranched alkanes of at least 4 members (excludes halogenated alkanes) is 1. The summed E-state index contributed by atoms with van der Waals surface area (Å²) in [6.07, 6.45) is 2.91. The number of rotatable bonds is 8. The third kappa shape index (κ3) is 6.19. The van der Waals surface area contributed by atoms with Crippen LogP contribution in [0.2, 0.25) is 0 Å². The van der Waals surface area contributed by atoms with Gasteiger partial charge in [-0.2, -0.15) is 5.26 Å². The molecule has 2 heterocycles. The van der Waals surface area contributed by atoms with Crippen LogP contribution in [0.3, 0.4) is 0 Å². The molecule has 0 radical (unpaired) electrons. The molecule has 1 atom stereocenters. The van der Waals surface area contributed by atoms with Crippen LogP contribution in [0.4, 0.5) is 4.79 Å². The third-order valence-corrected chi connectivity index (χ3v) is 6.50. The zero-order valence-corrected chi connectivity index (χ0v) is 22.5. The first-order valence-electron chi connectivity index (χ1n) is 12.9. The molecule has 2 amide bonds. The van der Waals surface area contributed by atoms with Crippen molar-refractivity contribution in [3.8, 4) is 6.07 Å². The van der Waals surface area contributed by atoms with E-state index in [1.165, 1.54) is 0 Å². The molecule has 0 aliphatic carbocycles. The standard InChI is InChI=1S/C28H40N4O4/c1-20(2)32(21-12-11-15-30(19-21)27(34)36-28(3,4)5)26(33)25-23(18-29)22-13-7-8-14-24(22)31(25)16-9-10-17-35-6/h7-8,13-14,20-21H,9-12,15-17,19H2,1-6H3/t21-/m1/s1. The highest BCUT2D eigenvalue weighted by Gasteiger charge is 2.36. The van der Waals surface area contributed by atoms with Gasteiger partial charge >= 0.3 is 6.09 Å². The average molecular weight is 497 g/mol.